The molecule has 0 spiro atoms. The number of aromatic nitrogens is 1. The minimum absolute atomic E-state index is 0.0336. The lowest BCUT2D eigenvalue weighted by atomic mass is 9.96. The van der Waals surface area contributed by atoms with Gasteiger partial charge in [0, 0.05) is 73.3 Å². The summed E-state index contributed by atoms with van der Waals surface area (Å²) in [6, 6.07) is 16.4. The summed E-state index contributed by atoms with van der Waals surface area (Å²) in [5.41, 5.74) is 6.88. The maximum Gasteiger partial charge on any atom is 0.246 e. The van der Waals surface area contributed by atoms with Gasteiger partial charge >= 0.3 is 0 Å². The van der Waals surface area contributed by atoms with E-state index >= 15 is 0 Å². The fraction of sp³-hybridized carbons (Fsp3) is 0.267. The zero-order valence-corrected chi connectivity index (χ0v) is 21.0. The zero-order chi connectivity index (χ0) is 25.1. The van der Waals surface area contributed by atoms with Gasteiger partial charge in [0.25, 0.3) is 0 Å². The van der Waals surface area contributed by atoms with Crippen LogP contribution in [0.25, 0.3) is 27.7 Å². The lowest BCUT2D eigenvalue weighted by Crippen LogP contribution is -2.47. The maximum atomic E-state index is 13.2. The van der Waals surface area contributed by atoms with Gasteiger partial charge in [0.2, 0.25) is 5.91 Å². The molecule has 184 valence electrons. The molecule has 0 N–H and O–H groups in total. The van der Waals surface area contributed by atoms with Crippen molar-refractivity contribution in [1.29, 1.82) is 0 Å². The van der Waals surface area contributed by atoms with Crippen LogP contribution < -0.4 is 4.74 Å². The van der Waals surface area contributed by atoms with E-state index in [0.717, 1.165) is 64.2 Å². The first kappa shape index (κ1) is 23.8. The molecule has 1 fully saturated rings. The van der Waals surface area contributed by atoms with Crippen molar-refractivity contribution in [3.63, 3.8) is 0 Å². The Labute approximate surface area is 211 Å². The van der Waals surface area contributed by atoms with Crippen LogP contribution in [0.1, 0.15) is 23.6 Å². The molecule has 3 heterocycles. The number of benzene rings is 2. The number of amides is 1. The smallest absolute Gasteiger partial charge is 0.246 e. The van der Waals surface area contributed by atoms with Gasteiger partial charge in [-0.1, -0.05) is 30.3 Å². The summed E-state index contributed by atoms with van der Waals surface area (Å²) < 4.78 is 11.7. The van der Waals surface area contributed by atoms with Crippen molar-refractivity contribution in [2.75, 3.05) is 33.3 Å². The Morgan fingerprint density at radius 3 is 2.50 bits per heavy atom. The monoisotopic (exact) mass is 481 g/mol. The van der Waals surface area contributed by atoms with Crippen LogP contribution in [0.4, 0.5) is 0 Å². The summed E-state index contributed by atoms with van der Waals surface area (Å²) in [6.45, 7) is 7.98. The topological polar surface area (TPSA) is 58.8 Å². The second kappa shape index (κ2) is 10.4. The van der Waals surface area contributed by atoms with Crippen LogP contribution in [-0.2, 0) is 11.3 Å². The Kier molecular flexibility index (Phi) is 6.87. The van der Waals surface area contributed by atoms with Gasteiger partial charge in [0.15, 0.2) is 0 Å². The Balaban J connectivity index is 1.37. The molecule has 0 unspecified atom stereocenters. The Hall–Kier alpha value is -3.90. The van der Waals surface area contributed by atoms with E-state index in [0.29, 0.717) is 13.1 Å². The molecule has 2 aromatic carbocycles. The van der Waals surface area contributed by atoms with Crippen molar-refractivity contribution in [1.82, 2.24) is 14.8 Å². The first-order valence-corrected chi connectivity index (χ1v) is 12.3. The Morgan fingerprint density at radius 1 is 1.08 bits per heavy atom. The third-order valence-corrected chi connectivity index (χ3v) is 6.94. The molecule has 0 saturated carbocycles. The summed E-state index contributed by atoms with van der Waals surface area (Å²) >= 11 is 0. The highest BCUT2D eigenvalue weighted by Crippen LogP contribution is 2.40. The Morgan fingerprint density at radius 2 is 1.81 bits per heavy atom. The lowest BCUT2D eigenvalue weighted by Gasteiger charge is -2.34. The van der Waals surface area contributed by atoms with Crippen molar-refractivity contribution < 1.29 is 13.9 Å². The molecule has 0 bridgehead atoms. The molecule has 6 nitrogen and oxygen atoms in total. The number of rotatable bonds is 6. The molecule has 0 aliphatic carbocycles. The third kappa shape index (κ3) is 4.77. The minimum atomic E-state index is 0.0336. The highest BCUT2D eigenvalue weighted by Gasteiger charge is 2.22. The highest BCUT2D eigenvalue weighted by atomic mass is 16.5. The normalized spacial score (nSPS) is 14.9. The van der Waals surface area contributed by atoms with Crippen molar-refractivity contribution in [2.45, 2.75) is 20.4 Å². The SMILES string of the molecule is COc1c(/C(C)=C/C(=O)N2CCN(Cc3ccncc3)CC2)cc2c(-c3ccccc3)coc2c1C. The van der Waals surface area contributed by atoms with Crippen LogP contribution in [0.3, 0.4) is 0 Å². The largest absolute Gasteiger partial charge is 0.496 e. The van der Waals surface area contributed by atoms with Gasteiger partial charge in [-0.3, -0.25) is 14.7 Å². The molecule has 0 atom stereocenters. The number of fused-ring (bicyclic) bond motifs is 1. The second-order valence-corrected chi connectivity index (χ2v) is 9.26. The summed E-state index contributed by atoms with van der Waals surface area (Å²) in [6.07, 6.45) is 7.18. The zero-order valence-electron chi connectivity index (χ0n) is 21.0. The number of aryl methyl sites for hydroxylation is 1. The van der Waals surface area contributed by atoms with Gasteiger partial charge in [-0.05, 0) is 48.7 Å². The minimum Gasteiger partial charge on any atom is -0.496 e. The number of carbonyl (C=O) groups is 1. The van der Waals surface area contributed by atoms with Gasteiger partial charge in [-0.15, -0.1) is 0 Å². The molecule has 1 saturated heterocycles. The van der Waals surface area contributed by atoms with Crippen molar-refractivity contribution in [2.24, 2.45) is 0 Å². The van der Waals surface area contributed by atoms with E-state index in [2.05, 4.69) is 28.1 Å². The van der Waals surface area contributed by atoms with Crippen LogP contribution in [0.5, 0.6) is 5.75 Å². The van der Waals surface area contributed by atoms with Crippen LogP contribution >= 0.6 is 0 Å². The summed E-state index contributed by atoms with van der Waals surface area (Å²) in [7, 11) is 1.66. The molecule has 4 aromatic rings. The molecular formula is C30H31N3O3. The van der Waals surface area contributed by atoms with E-state index in [1.54, 1.807) is 19.4 Å². The van der Waals surface area contributed by atoms with Gasteiger partial charge in [-0.25, -0.2) is 0 Å². The molecule has 0 radical (unpaired) electrons. The molecule has 6 heteroatoms. The van der Waals surface area contributed by atoms with Gasteiger partial charge in [0.05, 0.1) is 13.4 Å². The van der Waals surface area contributed by atoms with E-state index in [-0.39, 0.29) is 5.91 Å². The van der Waals surface area contributed by atoms with Crippen LogP contribution in [0, 0.1) is 6.92 Å². The lowest BCUT2D eigenvalue weighted by molar-refractivity contribution is -0.127. The predicted octanol–water partition coefficient (Wildman–Crippen LogP) is 5.56. The summed E-state index contributed by atoms with van der Waals surface area (Å²) in [4.78, 5) is 21.6. The number of methoxy groups -OCH3 is 1. The first-order valence-electron chi connectivity index (χ1n) is 12.3. The standard InChI is InChI=1S/C30H31N3O3/c1-21(17-28(34)33-15-13-32(14-16-33)19-23-9-11-31-12-10-23)25-18-26-27(24-7-5-4-6-8-24)20-36-30(26)22(2)29(25)35-3/h4-12,17-18,20H,13-16,19H2,1-3H3/b21-17+. The fourth-order valence-electron chi connectivity index (χ4n) is 4.94. The van der Waals surface area contributed by atoms with E-state index in [1.165, 1.54) is 5.56 Å². The Bertz CT molecular complexity index is 1390. The van der Waals surface area contributed by atoms with Crippen LogP contribution in [-0.4, -0.2) is 54.0 Å². The first-order chi connectivity index (χ1) is 17.5. The molecule has 1 amide bonds. The number of pyridine rings is 1. The van der Waals surface area contributed by atoms with Gasteiger partial charge < -0.3 is 14.1 Å². The van der Waals surface area contributed by atoms with E-state index in [1.807, 2.05) is 61.5 Å². The highest BCUT2D eigenvalue weighted by molar-refractivity contribution is 6.01. The van der Waals surface area contributed by atoms with E-state index in [4.69, 9.17) is 9.15 Å². The number of piperazine rings is 1. The molecule has 1 aliphatic heterocycles. The average molecular weight is 482 g/mol. The molecular weight excluding hydrogens is 450 g/mol. The van der Waals surface area contributed by atoms with Crippen molar-refractivity contribution in [3.8, 4) is 16.9 Å². The van der Waals surface area contributed by atoms with Crippen molar-refractivity contribution in [3.05, 3.63) is 90.0 Å². The average Bonchev–Trinajstić information content (AvgIpc) is 3.34. The van der Waals surface area contributed by atoms with Gasteiger partial charge in [-0.2, -0.15) is 0 Å². The van der Waals surface area contributed by atoms with E-state index in [9.17, 15) is 4.79 Å². The molecule has 1 aliphatic rings. The number of hydrogen-bond donors (Lipinski definition) is 0. The van der Waals surface area contributed by atoms with Crippen LogP contribution in [0.15, 0.2) is 77.7 Å². The number of hydrogen-bond acceptors (Lipinski definition) is 5. The second-order valence-electron chi connectivity index (χ2n) is 9.26. The third-order valence-electron chi connectivity index (χ3n) is 6.94. The van der Waals surface area contributed by atoms with Crippen LogP contribution in [0.2, 0.25) is 0 Å². The molecule has 5 rings (SSSR count). The number of furan rings is 1. The predicted molar refractivity (Wildman–Crippen MR) is 143 cm³/mol. The van der Waals surface area contributed by atoms with Crippen molar-refractivity contribution >= 4 is 22.4 Å². The number of allylic oxidation sites excluding steroid dienone is 1. The van der Waals surface area contributed by atoms with E-state index < -0.39 is 0 Å². The molecule has 36 heavy (non-hydrogen) atoms. The quantitative estimate of drug-likeness (QED) is 0.338. The number of carbonyl (C=O) groups excluding carboxylic acids is 1. The molecule has 2 aromatic heterocycles. The summed E-state index contributed by atoms with van der Waals surface area (Å²) in [5, 5.41) is 1.01. The summed E-state index contributed by atoms with van der Waals surface area (Å²) in [5.74, 6) is 0.770. The maximum absolute atomic E-state index is 13.2. The number of ether oxygens (including phenoxy) is 1. The fourth-order valence-corrected chi connectivity index (χ4v) is 4.94. The van der Waals surface area contributed by atoms with Gasteiger partial charge in [0.1, 0.15) is 11.3 Å². The number of nitrogens with zero attached hydrogens (tertiary/aromatic N) is 3.